The van der Waals surface area contributed by atoms with Crippen LogP contribution < -0.4 is 15.2 Å². The number of nitrogens with two attached hydrogens (primary N) is 1. The van der Waals surface area contributed by atoms with Crippen molar-refractivity contribution in [1.82, 2.24) is 4.72 Å². The Morgan fingerprint density at radius 2 is 1.53 bits per heavy atom. The number of rotatable bonds is 5. The van der Waals surface area contributed by atoms with Crippen LogP contribution in [0.15, 0.2) is 64.4 Å². The lowest BCUT2D eigenvalue weighted by atomic mass is 10.1. The molecule has 0 saturated heterocycles. The van der Waals surface area contributed by atoms with Crippen molar-refractivity contribution < 1.29 is 21.9 Å². The predicted octanol–water partition coefficient (Wildman–Crippen LogP) is 3.01. The van der Waals surface area contributed by atoms with Crippen LogP contribution in [-0.4, -0.2) is 27.5 Å². The molecule has 0 fully saturated rings. The van der Waals surface area contributed by atoms with Gasteiger partial charge in [-0.25, -0.2) is 21.6 Å². The van der Waals surface area contributed by atoms with Crippen LogP contribution in [0.2, 0.25) is 0 Å². The molecule has 0 spiro atoms. The van der Waals surface area contributed by atoms with Gasteiger partial charge in [0.1, 0.15) is 10.6 Å². The van der Waals surface area contributed by atoms with E-state index in [1.165, 1.54) is 48.5 Å². The van der Waals surface area contributed by atoms with Gasteiger partial charge in [-0.05, 0) is 51.1 Å². The van der Waals surface area contributed by atoms with Crippen LogP contribution in [0.1, 0.15) is 20.8 Å². The average molecular weight is 450 g/mol. The molecule has 3 aromatic carbocycles. The van der Waals surface area contributed by atoms with E-state index >= 15 is 0 Å². The molecule has 3 aromatic rings. The van der Waals surface area contributed by atoms with Crippen molar-refractivity contribution in [2.45, 2.75) is 36.1 Å². The fourth-order valence-electron chi connectivity index (χ4n) is 2.97. The Bertz CT molecular complexity index is 1330. The molecule has 0 aliphatic rings. The highest BCUT2D eigenvalue weighted by atomic mass is 32.2. The number of fused-ring (bicyclic) bond motifs is 1. The number of benzene rings is 3. The van der Waals surface area contributed by atoms with Crippen molar-refractivity contribution in [2.24, 2.45) is 0 Å². The monoisotopic (exact) mass is 449 g/mol. The molecule has 160 valence electrons. The Balaban J connectivity index is 2.09. The van der Waals surface area contributed by atoms with Crippen molar-refractivity contribution in [2.75, 3.05) is 10.5 Å². The van der Waals surface area contributed by atoms with Gasteiger partial charge in [0.2, 0.25) is 10.0 Å². The number of aromatic hydroxyl groups is 1. The van der Waals surface area contributed by atoms with Crippen molar-refractivity contribution in [3.63, 3.8) is 0 Å². The largest absolute Gasteiger partial charge is 0.506 e. The van der Waals surface area contributed by atoms with Gasteiger partial charge in [0, 0.05) is 22.0 Å². The molecule has 0 atom stereocenters. The maximum Gasteiger partial charge on any atom is 0.261 e. The van der Waals surface area contributed by atoms with Crippen LogP contribution in [0, 0.1) is 0 Å². The molecule has 0 amide bonds. The Labute approximate surface area is 175 Å². The molecule has 0 saturated carbocycles. The van der Waals surface area contributed by atoms with E-state index in [4.69, 9.17) is 5.73 Å². The zero-order chi connectivity index (χ0) is 22.3. The summed E-state index contributed by atoms with van der Waals surface area (Å²) in [6, 6.07) is 13.1. The molecule has 0 unspecified atom stereocenters. The Kier molecular flexibility index (Phi) is 5.44. The van der Waals surface area contributed by atoms with Gasteiger partial charge >= 0.3 is 0 Å². The summed E-state index contributed by atoms with van der Waals surface area (Å²) in [6.45, 7) is 5.06. The van der Waals surface area contributed by atoms with Crippen LogP contribution in [0.5, 0.6) is 5.75 Å². The van der Waals surface area contributed by atoms with Crippen LogP contribution in [0.25, 0.3) is 10.8 Å². The number of nitrogen functional groups attached to an aromatic ring is 1. The summed E-state index contributed by atoms with van der Waals surface area (Å²) in [7, 11) is -7.93. The Hall–Kier alpha value is -2.82. The summed E-state index contributed by atoms with van der Waals surface area (Å²) >= 11 is 0. The van der Waals surface area contributed by atoms with Crippen molar-refractivity contribution >= 4 is 42.2 Å². The molecule has 10 heteroatoms. The minimum absolute atomic E-state index is 0.0164. The summed E-state index contributed by atoms with van der Waals surface area (Å²) in [5.41, 5.74) is 5.42. The standard InChI is InChI=1S/C20H23N3O5S2/c1-20(2,3)23-30(27,28)18-11-10-15-16(19(18)24)8-5-9-17(15)22-29(25,26)14-7-4-6-13(21)12-14/h4-12,22-24H,21H2,1-3H3. The second-order valence-electron chi connectivity index (χ2n) is 7.85. The number of sulfonamides is 2. The van der Waals surface area contributed by atoms with Crippen LogP contribution in [-0.2, 0) is 20.0 Å². The number of hydrogen-bond acceptors (Lipinski definition) is 6. The van der Waals surface area contributed by atoms with Crippen LogP contribution >= 0.6 is 0 Å². The van der Waals surface area contributed by atoms with E-state index in [9.17, 15) is 21.9 Å². The van der Waals surface area contributed by atoms with E-state index in [0.717, 1.165) is 0 Å². The van der Waals surface area contributed by atoms with E-state index in [2.05, 4.69) is 9.44 Å². The number of phenols is 1. The Morgan fingerprint density at radius 1 is 0.867 bits per heavy atom. The molecule has 0 radical (unpaired) electrons. The van der Waals surface area contributed by atoms with Gasteiger partial charge < -0.3 is 10.8 Å². The van der Waals surface area contributed by atoms with Gasteiger partial charge in [-0.2, -0.15) is 0 Å². The number of nitrogens with one attached hydrogen (secondary N) is 2. The minimum Gasteiger partial charge on any atom is -0.506 e. The molecule has 0 aromatic heterocycles. The Morgan fingerprint density at radius 3 is 2.17 bits per heavy atom. The molecule has 0 aliphatic heterocycles. The maximum atomic E-state index is 12.7. The number of hydrogen-bond donors (Lipinski definition) is 4. The zero-order valence-corrected chi connectivity index (χ0v) is 18.3. The third-order valence-electron chi connectivity index (χ3n) is 4.14. The fraction of sp³-hybridized carbons (Fsp3) is 0.200. The lowest BCUT2D eigenvalue weighted by Gasteiger charge is -2.21. The summed E-state index contributed by atoms with van der Waals surface area (Å²) in [6.07, 6.45) is 0. The van der Waals surface area contributed by atoms with E-state index in [1.54, 1.807) is 26.8 Å². The van der Waals surface area contributed by atoms with Crippen molar-refractivity contribution in [1.29, 1.82) is 0 Å². The third kappa shape index (κ3) is 4.50. The van der Waals surface area contributed by atoms with Crippen LogP contribution in [0.4, 0.5) is 11.4 Å². The van der Waals surface area contributed by atoms with Gasteiger partial charge in [0.15, 0.2) is 0 Å². The van der Waals surface area contributed by atoms with E-state index in [1.807, 2.05) is 0 Å². The lowest BCUT2D eigenvalue weighted by Crippen LogP contribution is -2.40. The molecule has 30 heavy (non-hydrogen) atoms. The number of phenolic OH excluding ortho intramolecular Hbond substituents is 1. The van der Waals surface area contributed by atoms with Crippen molar-refractivity contribution in [3.05, 3.63) is 54.6 Å². The van der Waals surface area contributed by atoms with E-state index in [0.29, 0.717) is 11.1 Å². The second-order valence-corrected chi connectivity index (χ2v) is 11.2. The maximum absolute atomic E-state index is 12.7. The third-order valence-corrected chi connectivity index (χ3v) is 7.29. The van der Waals surface area contributed by atoms with Crippen LogP contribution in [0.3, 0.4) is 0 Å². The smallest absolute Gasteiger partial charge is 0.261 e. The molecular weight excluding hydrogens is 426 g/mol. The zero-order valence-electron chi connectivity index (χ0n) is 16.7. The summed E-state index contributed by atoms with van der Waals surface area (Å²) in [4.78, 5) is -0.307. The lowest BCUT2D eigenvalue weighted by molar-refractivity contribution is 0.458. The first-order valence-corrected chi connectivity index (χ1v) is 11.9. The molecule has 0 bridgehead atoms. The van der Waals surface area contributed by atoms with E-state index < -0.39 is 31.3 Å². The topological polar surface area (TPSA) is 139 Å². The average Bonchev–Trinajstić information content (AvgIpc) is 2.60. The van der Waals surface area contributed by atoms with Gasteiger partial charge in [-0.15, -0.1) is 0 Å². The molecule has 3 rings (SSSR count). The predicted molar refractivity (Wildman–Crippen MR) is 117 cm³/mol. The molecule has 8 nitrogen and oxygen atoms in total. The highest BCUT2D eigenvalue weighted by Gasteiger charge is 2.26. The van der Waals surface area contributed by atoms with Gasteiger partial charge in [-0.1, -0.05) is 24.3 Å². The SMILES string of the molecule is CC(C)(C)NS(=O)(=O)c1ccc2c(NS(=O)(=O)c3cccc(N)c3)cccc2c1O. The van der Waals surface area contributed by atoms with Gasteiger partial charge in [0.25, 0.3) is 10.0 Å². The van der Waals surface area contributed by atoms with E-state index in [-0.39, 0.29) is 20.9 Å². The normalized spacial score (nSPS) is 12.8. The first-order chi connectivity index (χ1) is 13.8. The highest BCUT2D eigenvalue weighted by Crippen LogP contribution is 2.36. The summed E-state index contributed by atoms with van der Waals surface area (Å²) < 4.78 is 55.7. The minimum atomic E-state index is -3.99. The molecule has 5 N–H and O–H groups in total. The van der Waals surface area contributed by atoms with Gasteiger partial charge in [-0.3, -0.25) is 4.72 Å². The first-order valence-electron chi connectivity index (χ1n) is 8.97. The number of anilines is 2. The molecule has 0 aliphatic carbocycles. The second kappa shape index (κ2) is 7.46. The summed E-state index contributed by atoms with van der Waals surface area (Å²) in [5.74, 6) is -0.464. The first kappa shape index (κ1) is 21.9. The van der Waals surface area contributed by atoms with Crippen molar-refractivity contribution in [3.8, 4) is 5.75 Å². The van der Waals surface area contributed by atoms with Gasteiger partial charge in [0.05, 0.1) is 10.6 Å². The molecular formula is C20H23N3O5S2. The quantitative estimate of drug-likeness (QED) is 0.442. The fourth-order valence-corrected chi connectivity index (χ4v) is 5.63. The summed E-state index contributed by atoms with van der Waals surface area (Å²) in [5, 5.41) is 11.2. The molecule has 0 heterocycles. The highest BCUT2D eigenvalue weighted by molar-refractivity contribution is 7.92.